The summed E-state index contributed by atoms with van der Waals surface area (Å²) in [6.07, 6.45) is 0.721. The van der Waals surface area contributed by atoms with E-state index in [1.54, 1.807) is 6.92 Å². The Morgan fingerprint density at radius 3 is 2.50 bits per heavy atom. The van der Waals surface area contributed by atoms with Gasteiger partial charge in [0.15, 0.2) is 0 Å². The van der Waals surface area contributed by atoms with E-state index in [0.29, 0.717) is 10.6 Å². The highest BCUT2D eigenvalue weighted by molar-refractivity contribution is 7.13. The zero-order valence-electron chi connectivity index (χ0n) is 13.2. The average Bonchev–Trinajstić information content (AvgIpc) is 2.83. The van der Waals surface area contributed by atoms with Crippen molar-refractivity contribution in [2.45, 2.75) is 40.2 Å². The van der Waals surface area contributed by atoms with E-state index < -0.39 is 12.0 Å². The summed E-state index contributed by atoms with van der Waals surface area (Å²) >= 11 is 1.28. The molecule has 0 saturated carbocycles. The fourth-order valence-corrected chi connectivity index (χ4v) is 2.85. The summed E-state index contributed by atoms with van der Waals surface area (Å²) < 4.78 is 0. The molecule has 7 nitrogen and oxygen atoms in total. The molecule has 1 aromatic heterocycles. The van der Waals surface area contributed by atoms with Crippen LogP contribution >= 0.6 is 11.3 Å². The Morgan fingerprint density at radius 1 is 1.41 bits per heavy atom. The maximum Gasteiger partial charge on any atom is 0.326 e. The molecule has 1 rings (SSSR count). The Hall–Kier alpha value is -1.96. The molecule has 1 aromatic rings. The van der Waals surface area contributed by atoms with E-state index in [0.717, 1.165) is 11.4 Å². The van der Waals surface area contributed by atoms with Gasteiger partial charge in [-0.2, -0.15) is 0 Å². The van der Waals surface area contributed by atoms with Crippen LogP contribution in [-0.4, -0.2) is 51.9 Å². The van der Waals surface area contributed by atoms with Crippen LogP contribution in [-0.2, 0) is 16.0 Å². The maximum atomic E-state index is 12.6. The van der Waals surface area contributed by atoms with Crippen molar-refractivity contribution in [1.82, 2.24) is 15.2 Å². The molecular weight excluding hydrogens is 306 g/mol. The second-order valence-corrected chi connectivity index (χ2v) is 5.96. The van der Waals surface area contributed by atoms with E-state index in [9.17, 15) is 19.5 Å². The lowest BCUT2D eigenvalue weighted by Gasteiger charge is -2.26. The number of carboxylic acids is 1. The highest BCUT2D eigenvalue weighted by atomic mass is 32.1. The summed E-state index contributed by atoms with van der Waals surface area (Å²) in [4.78, 5) is 40.8. The molecule has 0 bridgehead atoms. The molecule has 2 N–H and O–H groups in total. The Bertz CT molecular complexity index is 570. The van der Waals surface area contributed by atoms with Gasteiger partial charge in [0.1, 0.15) is 10.9 Å². The van der Waals surface area contributed by atoms with Gasteiger partial charge in [-0.25, -0.2) is 9.78 Å². The minimum atomic E-state index is -1.09. The number of thiazole rings is 1. The molecule has 122 valence electrons. The SMILES string of the molecule is CCc1nc(C)c(C(=O)N(CCNC(C)=O)C(C)C(=O)O)s1. The first-order valence-corrected chi connectivity index (χ1v) is 7.84. The lowest BCUT2D eigenvalue weighted by atomic mass is 10.2. The fraction of sp³-hybridized carbons (Fsp3) is 0.571. The Labute approximate surface area is 133 Å². The van der Waals surface area contributed by atoms with E-state index in [2.05, 4.69) is 10.3 Å². The van der Waals surface area contributed by atoms with Crippen LogP contribution in [0.5, 0.6) is 0 Å². The number of hydrogen-bond donors (Lipinski definition) is 2. The van der Waals surface area contributed by atoms with Gasteiger partial charge in [-0.1, -0.05) is 6.92 Å². The van der Waals surface area contributed by atoms with Crippen LogP contribution in [0.2, 0.25) is 0 Å². The molecule has 8 heteroatoms. The van der Waals surface area contributed by atoms with Gasteiger partial charge in [-0.05, 0) is 20.3 Å². The first kappa shape index (κ1) is 18.1. The number of hydrogen-bond acceptors (Lipinski definition) is 5. The molecule has 0 aliphatic carbocycles. The normalized spacial score (nSPS) is 11.8. The number of carbonyl (C=O) groups excluding carboxylic acids is 2. The van der Waals surface area contributed by atoms with Crippen molar-refractivity contribution in [3.8, 4) is 0 Å². The van der Waals surface area contributed by atoms with E-state index in [1.165, 1.54) is 30.1 Å². The third kappa shape index (κ3) is 4.52. The molecule has 0 aromatic carbocycles. The number of carbonyl (C=O) groups is 3. The van der Waals surface area contributed by atoms with Crippen molar-refractivity contribution in [2.75, 3.05) is 13.1 Å². The van der Waals surface area contributed by atoms with Crippen molar-refractivity contribution >= 4 is 29.1 Å². The van der Waals surface area contributed by atoms with Crippen molar-refractivity contribution in [3.63, 3.8) is 0 Å². The van der Waals surface area contributed by atoms with Crippen LogP contribution < -0.4 is 5.32 Å². The molecule has 0 aliphatic rings. The predicted molar refractivity (Wildman–Crippen MR) is 83.0 cm³/mol. The zero-order chi connectivity index (χ0) is 16.9. The molecule has 0 saturated heterocycles. The summed E-state index contributed by atoms with van der Waals surface area (Å²) in [6, 6.07) is -0.979. The molecule has 0 spiro atoms. The number of aromatic nitrogens is 1. The van der Waals surface area contributed by atoms with Gasteiger partial charge in [0, 0.05) is 20.0 Å². The number of amides is 2. The molecule has 22 heavy (non-hydrogen) atoms. The Morgan fingerprint density at radius 2 is 2.05 bits per heavy atom. The van der Waals surface area contributed by atoms with Crippen LogP contribution in [0.3, 0.4) is 0 Å². The lowest BCUT2D eigenvalue weighted by Crippen LogP contribution is -2.46. The fourth-order valence-electron chi connectivity index (χ4n) is 1.89. The van der Waals surface area contributed by atoms with Gasteiger partial charge >= 0.3 is 5.97 Å². The van der Waals surface area contributed by atoms with Gasteiger partial charge in [-0.3, -0.25) is 9.59 Å². The summed E-state index contributed by atoms with van der Waals surface area (Å²) in [7, 11) is 0. The summed E-state index contributed by atoms with van der Waals surface area (Å²) in [5.74, 6) is -1.68. The molecule has 2 amide bonds. The molecule has 1 atom stereocenters. The summed E-state index contributed by atoms with van der Waals surface area (Å²) in [5, 5.41) is 12.6. The third-order valence-electron chi connectivity index (χ3n) is 3.15. The monoisotopic (exact) mass is 327 g/mol. The van der Waals surface area contributed by atoms with Gasteiger partial charge in [0.05, 0.1) is 10.7 Å². The number of nitrogens with zero attached hydrogens (tertiary/aromatic N) is 2. The molecule has 1 unspecified atom stereocenters. The molecular formula is C14H21N3O4S. The number of rotatable bonds is 7. The lowest BCUT2D eigenvalue weighted by molar-refractivity contribution is -0.141. The van der Waals surface area contributed by atoms with Crippen LogP contribution in [0, 0.1) is 6.92 Å². The van der Waals surface area contributed by atoms with Crippen LogP contribution in [0.4, 0.5) is 0 Å². The average molecular weight is 327 g/mol. The van der Waals surface area contributed by atoms with Gasteiger partial charge in [0.25, 0.3) is 5.91 Å². The molecule has 0 aliphatic heterocycles. The van der Waals surface area contributed by atoms with Crippen molar-refractivity contribution in [2.24, 2.45) is 0 Å². The first-order chi connectivity index (χ1) is 10.3. The van der Waals surface area contributed by atoms with Crippen LogP contribution in [0.15, 0.2) is 0 Å². The molecule has 0 fully saturated rings. The highest BCUT2D eigenvalue weighted by Crippen LogP contribution is 2.21. The number of nitrogens with one attached hydrogen (secondary N) is 1. The van der Waals surface area contributed by atoms with E-state index in [-0.39, 0.29) is 24.9 Å². The minimum Gasteiger partial charge on any atom is -0.480 e. The topological polar surface area (TPSA) is 99.6 Å². The van der Waals surface area contributed by atoms with Crippen molar-refractivity contribution in [3.05, 3.63) is 15.6 Å². The molecule has 0 radical (unpaired) electrons. The Kier molecular flexibility index (Phi) is 6.48. The van der Waals surface area contributed by atoms with Crippen LogP contribution in [0.1, 0.15) is 41.1 Å². The van der Waals surface area contributed by atoms with Crippen LogP contribution in [0.25, 0.3) is 0 Å². The second-order valence-electron chi connectivity index (χ2n) is 4.87. The minimum absolute atomic E-state index is 0.130. The number of aliphatic carboxylic acids is 1. The van der Waals surface area contributed by atoms with Gasteiger partial charge < -0.3 is 15.3 Å². The highest BCUT2D eigenvalue weighted by Gasteiger charge is 2.28. The first-order valence-electron chi connectivity index (χ1n) is 7.02. The third-order valence-corrected chi connectivity index (χ3v) is 4.44. The van der Waals surface area contributed by atoms with Crippen molar-refractivity contribution < 1.29 is 19.5 Å². The second kappa shape index (κ2) is 7.88. The zero-order valence-corrected chi connectivity index (χ0v) is 14.0. The largest absolute Gasteiger partial charge is 0.480 e. The number of carboxylic acid groups (broad SMARTS) is 1. The summed E-state index contributed by atoms with van der Waals surface area (Å²) in [6.45, 7) is 6.84. The van der Waals surface area contributed by atoms with Crippen molar-refractivity contribution in [1.29, 1.82) is 0 Å². The smallest absolute Gasteiger partial charge is 0.326 e. The van der Waals surface area contributed by atoms with Gasteiger partial charge in [0.2, 0.25) is 5.91 Å². The van der Waals surface area contributed by atoms with Gasteiger partial charge in [-0.15, -0.1) is 11.3 Å². The summed E-state index contributed by atoms with van der Waals surface area (Å²) in [5.41, 5.74) is 0.606. The number of aryl methyl sites for hydroxylation is 2. The predicted octanol–water partition coefficient (Wildman–Crippen LogP) is 1.07. The van der Waals surface area contributed by atoms with E-state index in [1.807, 2.05) is 6.92 Å². The maximum absolute atomic E-state index is 12.6. The standard InChI is InChI=1S/C14H21N3O4S/c1-5-11-16-8(2)12(22-11)13(19)17(9(3)14(20)21)7-6-15-10(4)18/h9H,5-7H2,1-4H3,(H,15,18)(H,20,21). The van der Waals surface area contributed by atoms with E-state index in [4.69, 9.17) is 0 Å². The van der Waals surface area contributed by atoms with E-state index >= 15 is 0 Å². The molecule has 1 heterocycles. The quantitative estimate of drug-likeness (QED) is 0.780. The Balaban J connectivity index is 2.97.